The summed E-state index contributed by atoms with van der Waals surface area (Å²) < 4.78 is 0. The van der Waals surface area contributed by atoms with Crippen molar-refractivity contribution in [2.45, 2.75) is 12.5 Å². The summed E-state index contributed by atoms with van der Waals surface area (Å²) in [6.07, 6.45) is 3.39. The molecule has 0 spiro atoms. The molecule has 7 heteroatoms. The van der Waals surface area contributed by atoms with Gasteiger partial charge in [-0.05, 0) is 0 Å². The van der Waals surface area contributed by atoms with Crippen LogP contribution in [0.2, 0.25) is 0 Å². The van der Waals surface area contributed by atoms with Gasteiger partial charge in [-0.2, -0.15) is 5.53 Å². The van der Waals surface area contributed by atoms with E-state index in [0.717, 1.165) is 0 Å². The number of nitrogens with two attached hydrogens (primary N) is 1. The molecule has 0 saturated carbocycles. The molecule has 1 heterocycles. The number of H-pyrrole nitrogens is 1. The molecular weight excluding hydrogens is 174 g/mol. The average Bonchev–Trinajstić information content (AvgIpc) is 2.56. The van der Waals surface area contributed by atoms with Crippen molar-refractivity contribution < 1.29 is 9.90 Å². The van der Waals surface area contributed by atoms with Crippen LogP contribution in [0.3, 0.4) is 0 Å². The van der Waals surface area contributed by atoms with Gasteiger partial charge in [0, 0.05) is 12.6 Å². The number of nitrogens with one attached hydrogen (secondary N) is 3. The number of carbonyl (C=O) groups is 1. The summed E-state index contributed by atoms with van der Waals surface area (Å²) in [6, 6.07) is -0.784. The molecule has 0 aliphatic heterocycles. The van der Waals surface area contributed by atoms with Gasteiger partial charge in [-0.1, -0.05) is 0 Å². The fourth-order valence-electron chi connectivity index (χ4n) is 0.912. The van der Waals surface area contributed by atoms with Crippen molar-refractivity contribution in [3.05, 3.63) is 18.2 Å². The van der Waals surface area contributed by atoms with E-state index in [1.165, 1.54) is 6.33 Å². The summed E-state index contributed by atoms with van der Waals surface area (Å²) in [6.45, 7) is 0. The number of nitrogens with zero attached hydrogens (tertiary/aromatic N) is 1. The lowest BCUT2D eigenvalue weighted by Gasteiger charge is -2.10. The Balaban J connectivity index is 2.52. The maximum Gasteiger partial charge on any atom is 0.322 e. The first-order chi connectivity index (χ1) is 6.24. The molecule has 0 aromatic carbocycles. The quantitative estimate of drug-likeness (QED) is 0.278. The molecule has 1 rings (SSSR count). The van der Waals surface area contributed by atoms with E-state index in [2.05, 4.69) is 20.9 Å². The van der Waals surface area contributed by atoms with Crippen LogP contribution in [0.25, 0.3) is 0 Å². The first-order valence-corrected chi connectivity index (χ1v) is 3.65. The van der Waals surface area contributed by atoms with Crippen LogP contribution in [0.4, 0.5) is 0 Å². The van der Waals surface area contributed by atoms with Gasteiger partial charge in [-0.15, -0.1) is 0 Å². The molecule has 72 valence electrons. The molecule has 0 bridgehead atoms. The second kappa shape index (κ2) is 4.55. The Morgan fingerprint density at radius 1 is 1.85 bits per heavy atom. The van der Waals surface area contributed by atoms with Gasteiger partial charge in [-0.25, -0.2) is 10.4 Å². The number of hydrogen-bond acceptors (Lipinski definition) is 5. The molecule has 7 nitrogen and oxygen atoms in total. The van der Waals surface area contributed by atoms with Gasteiger partial charge in [0.15, 0.2) is 0 Å². The highest BCUT2D eigenvalue weighted by molar-refractivity contribution is 5.73. The third-order valence-electron chi connectivity index (χ3n) is 1.52. The summed E-state index contributed by atoms with van der Waals surface area (Å²) in [4.78, 5) is 17.2. The zero-order valence-corrected chi connectivity index (χ0v) is 6.82. The normalized spacial score (nSPS) is 12.7. The van der Waals surface area contributed by atoms with E-state index in [-0.39, 0.29) is 6.42 Å². The zero-order valence-electron chi connectivity index (χ0n) is 6.82. The SMILES string of the molecule is NNNC(Cc1c[nH]cn1)C(=O)O. The first-order valence-electron chi connectivity index (χ1n) is 3.65. The lowest BCUT2D eigenvalue weighted by Crippen LogP contribution is -2.49. The summed E-state index contributed by atoms with van der Waals surface area (Å²) >= 11 is 0. The minimum Gasteiger partial charge on any atom is -0.480 e. The van der Waals surface area contributed by atoms with Crippen LogP contribution in [-0.2, 0) is 11.2 Å². The van der Waals surface area contributed by atoms with Crippen molar-refractivity contribution >= 4 is 5.97 Å². The van der Waals surface area contributed by atoms with E-state index in [4.69, 9.17) is 10.9 Å². The highest BCUT2D eigenvalue weighted by Crippen LogP contribution is 1.97. The highest BCUT2D eigenvalue weighted by Gasteiger charge is 2.17. The number of imidazole rings is 1. The largest absolute Gasteiger partial charge is 0.480 e. The molecule has 0 fully saturated rings. The van der Waals surface area contributed by atoms with Crippen molar-refractivity contribution in [1.82, 2.24) is 20.9 Å². The third-order valence-corrected chi connectivity index (χ3v) is 1.52. The Morgan fingerprint density at radius 3 is 3.08 bits per heavy atom. The number of aromatic nitrogens is 2. The molecule has 0 aliphatic rings. The summed E-state index contributed by atoms with van der Waals surface area (Å²) in [5, 5.41) is 8.71. The average molecular weight is 185 g/mol. The predicted molar refractivity (Wildman–Crippen MR) is 44.2 cm³/mol. The van der Waals surface area contributed by atoms with Crippen LogP contribution in [0.5, 0.6) is 0 Å². The van der Waals surface area contributed by atoms with Crippen LogP contribution in [0.15, 0.2) is 12.5 Å². The molecule has 1 aromatic rings. The molecule has 1 aromatic heterocycles. The fourth-order valence-corrected chi connectivity index (χ4v) is 0.912. The number of aliphatic carboxylic acids is 1. The predicted octanol–water partition coefficient (Wildman–Crippen LogP) is -1.63. The van der Waals surface area contributed by atoms with Crippen molar-refractivity contribution in [1.29, 1.82) is 0 Å². The van der Waals surface area contributed by atoms with Gasteiger partial charge in [0.1, 0.15) is 6.04 Å². The minimum atomic E-state index is -0.985. The first kappa shape index (κ1) is 9.65. The molecule has 0 saturated heterocycles. The maximum atomic E-state index is 10.6. The monoisotopic (exact) mass is 185 g/mol. The fraction of sp³-hybridized carbons (Fsp3) is 0.333. The van der Waals surface area contributed by atoms with Gasteiger partial charge in [0.05, 0.1) is 12.0 Å². The number of aromatic amines is 1. The Bertz CT molecular complexity index is 260. The van der Waals surface area contributed by atoms with Crippen LogP contribution >= 0.6 is 0 Å². The van der Waals surface area contributed by atoms with Gasteiger partial charge >= 0.3 is 5.97 Å². The highest BCUT2D eigenvalue weighted by atomic mass is 16.4. The van der Waals surface area contributed by atoms with Crippen LogP contribution in [-0.4, -0.2) is 27.1 Å². The molecule has 1 atom stereocenters. The molecule has 0 amide bonds. The summed E-state index contributed by atoms with van der Waals surface area (Å²) in [7, 11) is 0. The van der Waals surface area contributed by atoms with Crippen molar-refractivity contribution in [3.63, 3.8) is 0 Å². The Morgan fingerprint density at radius 2 is 2.62 bits per heavy atom. The van der Waals surface area contributed by atoms with E-state index in [1.54, 1.807) is 6.20 Å². The molecule has 0 aliphatic carbocycles. The van der Waals surface area contributed by atoms with E-state index in [9.17, 15) is 4.79 Å². The van der Waals surface area contributed by atoms with Crippen LogP contribution in [0, 0.1) is 0 Å². The number of hydrazine groups is 2. The second-order valence-electron chi connectivity index (χ2n) is 2.44. The lowest BCUT2D eigenvalue weighted by molar-refractivity contribution is -0.139. The molecular formula is C6H11N5O2. The smallest absolute Gasteiger partial charge is 0.322 e. The van der Waals surface area contributed by atoms with Crippen molar-refractivity contribution in [2.24, 2.45) is 5.84 Å². The topological polar surface area (TPSA) is 116 Å². The number of carboxylic acids is 1. The van der Waals surface area contributed by atoms with E-state index < -0.39 is 12.0 Å². The third kappa shape index (κ3) is 2.82. The molecule has 0 radical (unpaired) electrons. The summed E-state index contributed by atoms with van der Waals surface area (Å²) in [5.41, 5.74) is 5.15. The van der Waals surface area contributed by atoms with Crippen molar-refractivity contribution in [3.8, 4) is 0 Å². The second-order valence-corrected chi connectivity index (χ2v) is 2.44. The lowest BCUT2D eigenvalue weighted by atomic mass is 10.2. The van der Waals surface area contributed by atoms with Crippen LogP contribution in [0.1, 0.15) is 5.69 Å². The summed E-state index contributed by atoms with van der Waals surface area (Å²) in [5.74, 6) is 3.96. The minimum absolute atomic E-state index is 0.267. The zero-order chi connectivity index (χ0) is 9.68. The maximum absolute atomic E-state index is 10.6. The Hall–Kier alpha value is -1.44. The number of hydrogen-bond donors (Lipinski definition) is 5. The molecule has 13 heavy (non-hydrogen) atoms. The number of carboxylic acid groups (broad SMARTS) is 1. The van der Waals surface area contributed by atoms with E-state index in [1.807, 2.05) is 0 Å². The number of rotatable bonds is 5. The Labute approximate surface area is 74.3 Å². The Kier molecular flexibility index (Phi) is 3.38. The van der Waals surface area contributed by atoms with Crippen LogP contribution < -0.4 is 16.8 Å². The van der Waals surface area contributed by atoms with Gasteiger partial charge in [-0.3, -0.25) is 10.6 Å². The standard InChI is InChI=1S/C6H11N5O2/c7-11-10-5(6(12)13)1-4-2-8-3-9-4/h2-3,5,10-11H,1,7H2,(H,8,9)(H,12,13). The molecule has 6 N–H and O–H groups in total. The van der Waals surface area contributed by atoms with Gasteiger partial charge in [0.25, 0.3) is 0 Å². The van der Waals surface area contributed by atoms with E-state index >= 15 is 0 Å². The van der Waals surface area contributed by atoms with E-state index in [0.29, 0.717) is 5.69 Å². The van der Waals surface area contributed by atoms with Gasteiger partial charge in [0.2, 0.25) is 0 Å². The van der Waals surface area contributed by atoms with Gasteiger partial charge < -0.3 is 10.1 Å². The molecule has 1 unspecified atom stereocenters. The van der Waals surface area contributed by atoms with Crippen molar-refractivity contribution in [2.75, 3.05) is 0 Å².